The van der Waals surface area contributed by atoms with Crippen molar-refractivity contribution in [2.75, 3.05) is 18.6 Å². The Morgan fingerprint density at radius 3 is 2.24 bits per heavy atom. The minimum atomic E-state index is -1.82. The van der Waals surface area contributed by atoms with E-state index in [9.17, 15) is 9.90 Å². The van der Waals surface area contributed by atoms with Gasteiger partial charge in [-0.3, -0.25) is 4.79 Å². The number of anilines is 1. The Hall–Kier alpha value is -2.15. The molecule has 2 aliphatic carbocycles. The predicted molar refractivity (Wildman–Crippen MR) is 171 cm³/mol. The van der Waals surface area contributed by atoms with E-state index < -0.39 is 8.32 Å². The SMILES string of the molecule is COc1ccc([C@H]2CC[C@H](CN(C(=O)C3CCC(O[Si](C)(C)C(C)(C)C)CC3)c3cccc(CO)c3)CC2)cc1C. The molecule has 2 saturated carbocycles. The van der Waals surface area contributed by atoms with Crippen molar-refractivity contribution < 1.29 is 19.1 Å². The smallest absolute Gasteiger partial charge is 0.230 e. The number of ether oxygens (including phenoxy) is 1. The van der Waals surface area contributed by atoms with Crippen LogP contribution in [0.15, 0.2) is 42.5 Å². The minimum Gasteiger partial charge on any atom is -0.496 e. The third-order valence-corrected chi connectivity index (χ3v) is 14.7. The fraction of sp³-hybridized carbons (Fsp3) is 0.629. The zero-order chi connectivity index (χ0) is 29.8. The minimum absolute atomic E-state index is 0.0157. The number of hydrogen-bond donors (Lipinski definition) is 1. The summed E-state index contributed by atoms with van der Waals surface area (Å²) in [4.78, 5) is 16.2. The summed E-state index contributed by atoms with van der Waals surface area (Å²) < 4.78 is 12.2. The average molecular weight is 580 g/mol. The molecule has 0 unspecified atom stereocenters. The van der Waals surface area contributed by atoms with Crippen LogP contribution in [0, 0.1) is 18.8 Å². The van der Waals surface area contributed by atoms with Crippen molar-refractivity contribution in [2.24, 2.45) is 11.8 Å². The van der Waals surface area contributed by atoms with E-state index in [1.807, 2.05) is 24.3 Å². The highest BCUT2D eigenvalue weighted by molar-refractivity contribution is 6.74. The molecule has 0 atom stereocenters. The van der Waals surface area contributed by atoms with E-state index in [-0.39, 0.29) is 29.6 Å². The third kappa shape index (κ3) is 7.82. The molecular formula is C35H53NO4Si. The summed E-state index contributed by atoms with van der Waals surface area (Å²) in [7, 11) is -0.0922. The average Bonchev–Trinajstić information content (AvgIpc) is 2.95. The number of methoxy groups -OCH3 is 1. The van der Waals surface area contributed by atoms with Crippen molar-refractivity contribution in [3.8, 4) is 5.75 Å². The molecule has 0 radical (unpaired) electrons. The van der Waals surface area contributed by atoms with E-state index in [4.69, 9.17) is 9.16 Å². The lowest BCUT2D eigenvalue weighted by molar-refractivity contribution is -0.124. The molecule has 2 aromatic rings. The lowest BCUT2D eigenvalue weighted by Gasteiger charge is -2.41. The fourth-order valence-electron chi connectivity index (χ4n) is 6.48. The Bertz CT molecular complexity index is 1160. The molecule has 2 aliphatic rings. The van der Waals surface area contributed by atoms with Gasteiger partial charge in [-0.05, 0) is 123 Å². The van der Waals surface area contributed by atoms with E-state index in [0.29, 0.717) is 11.8 Å². The zero-order valence-corrected chi connectivity index (χ0v) is 27.5. The van der Waals surface area contributed by atoms with E-state index in [2.05, 4.69) is 63.9 Å². The second-order valence-electron chi connectivity index (χ2n) is 14.1. The molecule has 1 amide bonds. The van der Waals surface area contributed by atoms with Gasteiger partial charge in [0, 0.05) is 24.3 Å². The van der Waals surface area contributed by atoms with Gasteiger partial charge in [-0.25, -0.2) is 0 Å². The molecule has 0 saturated heterocycles. The maximum Gasteiger partial charge on any atom is 0.230 e. The van der Waals surface area contributed by atoms with Gasteiger partial charge >= 0.3 is 0 Å². The first kappa shape index (κ1) is 31.8. The van der Waals surface area contributed by atoms with E-state index >= 15 is 0 Å². The maximum absolute atomic E-state index is 14.1. The number of aliphatic hydroxyl groups excluding tert-OH is 1. The lowest BCUT2D eigenvalue weighted by Crippen LogP contribution is -2.46. The van der Waals surface area contributed by atoms with Crippen LogP contribution in [0.4, 0.5) is 5.69 Å². The van der Waals surface area contributed by atoms with Gasteiger partial charge in [-0.15, -0.1) is 0 Å². The molecule has 0 bridgehead atoms. The summed E-state index contributed by atoms with van der Waals surface area (Å²) >= 11 is 0. The van der Waals surface area contributed by atoms with Crippen LogP contribution < -0.4 is 9.64 Å². The van der Waals surface area contributed by atoms with Crippen LogP contribution in [0.3, 0.4) is 0 Å². The monoisotopic (exact) mass is 579 g/mol. The standard InChI is InChI=1S/C35H53NO4Si/c1-25-21-30(17-20-33(25)39-5)28-13-11-26(12-14-28)23-36(31-10-8-9-27(22-31)24-37)34(38)29-15-18-32(19-16-29)40-41(6,7)35(2,3)4/h8-10,17,20-22,26,28-29,32,37H,11-16,18-19,23-24H2,1-7H3/t26-,28-,29?,32?. The molecule has 4 rings (SSSR count). The molecule has 6 heteroatoms. The lowest BCUT2D eigenvalue weighted by atomic mass is 9.78. The second kappa shape index (κ2) is 13.4. The highest BCUT2D eigenvalue weighted by atomic mass is 28.4. The van der Waals surface area contributed by atoms with Crippen LogP contribution >= 0.6 is 0 Å². The summed E-state index contributed by atoms with van der Waals surface area (Å²) in [5.74, 6) is 2.27. The number of carbonyl (C=O) groups excluding carboxylic acids is 1. The Kier molecular flexibility index (Phi) is 10.4. The zero-order valence-electron chi connectivity index (χ0n) is 26.5. The number of aryl methyl sites for hydroxylation is 1. The van der Waals surface area contributed by atoms with Crippen molar-refractivity contribution in [1.29, 1.82) is 0 Å². The van der Waals surface area contributed by atoms with Crippen LogP contribution in [0.25, 0.3) is 0 Å². The molecule has 0 spiro atoms. The van der Waals surface area contributed by atoms with Crippen molar-refractivity contribution in [2.45, 2.75) is 116 Å². The summed E-state index contributed by atoms with van der Waals surface area (Å²) in [6.07, 6.45) is 8.48. The number of nitrogens with zero attached hydrogens (tertiary/aromatic N) is 1. The quantitative estimate of drug-likeness (QED) is 0.303. The van der Waals surface area contributed by atoms with Gasteiger partial charge < -0.3 is 19.2 Å². The predicted octanol–water partition coefficient (Wildman–Crippen LogP) is 8.38. The number of amides is 1. The van der Waals surface area contributed by atoms with Crippen LogP contribution in [0.5, 0.6) is 5.75 Å². The van der Waals surface area contributed by atoms with E-state index in [1.54, 1.807) is 7.11 Å². The van der Waals surface area contributed by atoms with Crippen molar-refractivity contribution in [3.63, 3.8) is 0 Å². The topological polar surface area (TPSA) is 59.0 Å². The molecule has 1 N–H and O–H groups in total. The second-order valence-corrected chi connectivity index (χ2v) is 18.8. The van der Waals surface area contributed by atoms with E-state index in [1.165, 1.54) is 11.1 Å². The van der Waals surface area contributed by atoms with Crippen LogP contribution in [-0.2, 0) is 15.8 Å². The number of benzene rings is 2. The van der Waals surface area contributed by atoms with Gasteiger partial charge in [0.05, 0.1) is 13.7 Å². The molecule has 226 valence electrons. The van der Waals surface area contributed by atoms with Crippen LogP contribution in [0.2, 0.25) is 18.1 Å². The Morgan fingerprint density at radius 1 is 0.976 bits per heavy atom. The van der Waals surface area contributed by atoms with E-state index in [0.717, 1.165) is 74.9 Å². The fourth-order valence-corrected chi connectivity index (χ4v) is 7.90. The first-order valence-corrected chi connectivity index (χ1v) is 18.7. The highest BCUT2D eigenvalue weighted by Gasteiger charge is 2.41. The summed E-state index contributed by atoms with van der Waals surface area (Å²) in [6.45, 7) is 14.4. The first-order valence-electron chi connectivity index (χ1n) is 15.8. The largest absolute Gasteiger partial charge is 0.496 e. The molecule has 0 aromatic heterocycles. The van der Waals surface area contributed by atoms with Gasteiger partial charge in [0.15, 0.2) is 8.32 Å². The Morgan fingerprint density at radius 2 is 1.66 bits per heavy atom. The molecule has 2 fully saturated rings. The van der Waals surface area contributed by atoms with Crippen molar-refractivity contribution in [3.05, 3.63) is 59.2 Å². The van der Waals surface area contributed by atoms with Gasteiger partial charge in [0.25, 0.3) is 0 Å². The molecule has 0 aliphatic heterocycles. The van der Waals surface area contributed by atoms with Crippen LogP contribution in [0.1, 0.15) is 94.7 Å². The normalized spacial score (nSPS) is 23.7. The molecule has 5 nitrogen and oxygen atoms in total. The Balaban J connectivity index is 1.42. The summed E-state index contributed by atoms with van der Waals surface area (Å²) in [5, 5.41) is 9.99. The van der Waals surface area contributed by atoms with Crippen molar-refractivity contribution in [1.82, 2.24) is 0 Å². The first-order chi connectivity index (χ1) is 19.4. The van der Waals surface area contributed by atoms with Gasteiger partial charge in [-0.2, -0.15) is 0 Å². The summed E-state index contributed by atoms with van der Waals surface area (Å²) in [6, 6.07) is 14.5. The molecule has 2 aromatic carbocycles. The number of aliphatic hydroxyl groups is 1. The Labute approximate surface area is 249 Å². The van der Waals surface area contributed by atoms with Crippen LogP contribution in [-0.4, -0.2) is 39.1 Å². The van der Waals surface area contributed by atoms with Gasteiger partial charge in [-0.1, -0.05) is 45.0 Å². The number of rotatable bonds is 9. The number of carbonyl (C=O) groups is 1. The molecular weight excluding hydrogens is 526 g/mol. The molecule has 41 heavy (non-hydrogen) atoms. The maximum atomic E-state index is 14.1. The van der Waals surface area contributed by atoms with Gasteiger partial charge in [0.1, 0.15) is 5.75 Å². The molecule has 0 heterocycles. The number of hydrogen-bond acceptors (Lipinski definition) is 4. The third-order valence-electron chi connectivity index (χ3n) is 10.1. The van der Waals surface area contributed by atoms with Gasteiger partial charge in [0.2, 0.25) is 5.91 Å². The highest BCUT2D eigenvalue weighted by Crippen LogP contribution is 2.41. The van der Waals surface area contributed by atoms with Crippen molar-refractivity contribution >= 4 is 19.9 Å². The summed E-state index contributed by atoms with van der Waals surface area (Å²) in [5.41, 5.74) is 4.37.